The summed E-state index contributed by atoms with van der Waals surface area (Å²) in [6.07, 6.45) is -4.46. The van der Waals surface area contributed by atoms with Gasteiger partial charge in [0, 0.05) is 6.54 Å². The van der Waals surface area contributed by atoms with Crippen LogP contribution in [0.15, 0.2) is 41.3 Å². The van der Waals surface area contributed by atoms with Crippen LogP contribution in [0.1, 0.15) is 40.7 Å². The van der Waals surface area contributed by atoms with Gasteiger partial charge in [0.05, 0.1) is 16.2 Å². The molecule has 1 N–H and O–H groups in total. The molecule has 1 aromatic carbocycles. The fourth-order valence-corrected chi connectivity index (χ4v) is 4.47. The molecular weight excluding hydrogens is 435 g/mol. The number of nitrogens with zero attached hydrogens (tertiary/aromatic N) is 2. The van der Waals surface area contributed by atoms with Crippen molar-refractivity contribution in [2.24, 2.45) is 0 Å². The molecular formula is C20H20F3N3O4S. The second-order valence-corrected chi connectivity index (χ2v) is 9.24. The number of rotatable bonds is 4. The molecule has 1 fully saturated rings. The molecule has 0 radical (unpaired) electrons. The van der Waals surface area contributed by atoms with Gasteiger partial charge in [-0.15, -0.1) is 0 Å². The van der Waals surface area contributed by atoms with Crippen LogP contribution in [0.25, 0.3) is 0 Å². The van der Waals surface area contributed by atoms with Crippen LogP contribution in [-0.4, -0.2) is 42.2 Å². The Morgan fingerprint density at radius 3 is 2.35 bits per heavy atom. The summed E-state index contributed by atoms with van der Waals surface area (Å²) in [5.74, 6) is -1.60. The number of aryl methyl sites for hydroxylation is 2. The number of hydrogen-bond acceptors (Lipinski definition) is 5. The van der Waals surface area contributed by atoms with Crippen LogP contribution in [0, 0.1) is 13.8 Å². The molecule has 1 aromatic heterocycles. The van der Waals surface area contributed by atoms with Crippen LogP contribution < -0.4 is 4.72 Å². The summed E-state index contributed by atoms with van der Waals surface area (Å²) in [5.41, 5.74) is -2.14. The van der Waals surface area contributed by atoms with Gasteiger partial charge < -0.3 is 4.90 Å². The average Bonchev–Trinajstić information content (AvgIpc) is 2.65. The summed E-state index contributed by atoms with van der Waals surface area (Å²) in [7, 11) is -4.16. The van der Waals surface area contributed by atoms with E-state index in [4.69, 9.17) is 0 Å². The highest BCUT2D eigenvalue weighted by Crippen LogP contribution is 2.34. The highest BCUT2D eigenvalue weighted by atomic mass is 32.2. The first-order chi connectivity index (χ1) is 14.3. The Hall–Kier alpha value is -2.95. The minimum Gasteiger partial charge on any atom is -0.324 e. The van der Waals surface area contributed by atoms with Crippen LogP contribution in [-0.2, 0) is 21.0 Å². The number of sulfonamides is 1. The van der Waals surface area contributed by atoms with E-state index in [-0.39, 0.29) is 29.1 Å². The molecule has 3 rings (SSSR count). The Balaban J connectivity index is 1.82. The van der Waals surface area contributed by atoms with E-state index in [0.29, 0.717) is 11.6 Å². The van der Waals surface area contributed by atoms with Crippen molar-refractivity contribution in [1.29, 1.82) is 0 Å². The molecule has 1 unspecified atom stereocenters. The van der Waals surface area contributed by atoms with Crippen molar-refractivity contribution < 1.29 is 31.2 Å². The average molecular weight is 455 g/mol. The molecule has 11 heteroatoms. The molecule has 31 heavy (non-hydrogen) atoms. The maximum absolute atomic E-state index is 12.9. The van der Waals surface area contributed by atoms with E-state index in [1.807, 2.05) is 4.72 Å². The molecule has 0 spiro atoms. The maximum atomic E-state index is 12.9. The van der Waals surface area contributed by atoms with Crippen molar-refractivity contribution in [2.45, 2.75) is 43.8 Å². The lowest BCUT2D eigenvalue weighted by molar-refractivity contribution is -0.141. The largest absolute Gasteiger partial charge is 0.433 e. The normalized spacial score (nSPS) is 19.0. The zero-order valence-corrected chi connectivity index (χ0v) is 17.8. The van der Waals surface area contributed by atoms with E-state index in [0.717, 1.165) is 11.0 Å². The summed E-state index contributed by atoms with van der Waals surface area (Å²) in [5, 5.41) is 0. The number of nitrogens with one attached hydrogen (secondary N) is 1. The van der Waals surface area contributed by atoms with Crippen LogP contribution >= 0.6 is 0 Å². The molecule has 1 saturated heterocycles. The standard InChI is InChI=1S/C20H20F3N3O4S/c1-12-5-4-6-14(11-12)31(29,30)25-18(28)19(3)9-10-26(19)17(27)15-7-8-16(20(21,22)23)24-13(15)2/h4-8,11H,9-10H2,1-3H3,(H,25,28). The Labute approximate surface area is 177 Å². The minimum atomic E-state index is -4.65. The molecule has 1 atom stereocenters. The van der Waals surface area contributed by atoms with Crippen LogP contribution in [0.4, 0.5) is 13.2 Å². The molecule has 166 valence electrons. The van der Waals surface area contributed by atoms with Gasteiger partial charge in [0.25, 0.3) is 21.8 Å². The SMILES string of the molecule is Cc1cccc(S(=O)(=O)NC(=O)C2(C)CCN2C(=O)c2ccc(C(F)(F)F)nc2C)c1. The van der Waals surface area contributed by atoms with Crippen molar-refractivity contribution in [3.05, 3.63) is 58.9 Å². The Bertz CT molecular complexity index is 1160. The predicted octanol–water partition coefficient (Wildman–Crippen LogP) is 2.83. The number of hydrogen-bond donors (Lipinski definition) is 1. The van der Waals surface area contributed by atoms with Gasteiger partial charge in [-0.25, -0.2) is 18.1 Å². The van der Waals surface area contributed by atoms with Gasteiger partial charge in [-0.2, -0.15) is 13.2 Å². The monoisotopic (exact) mass is 455 g/mol. The fraction of sp³-hybridized carbons (Fsp3) is 0.350. The van der Waals surface area contributed by atoms with Gasteiger partial charge >= 0.3 is 6.18 Å². The van der Waals surface area contributed by atoms with Crippen LogP contribution in [0.3, 0.4) is 0 Å². The molecule has 0 aliphatic carbocycles. The number of aromatic nitrogens is 1. The van der Waals surface area contributed by atoms with Gasteiger partial charge in [0.15, 0.2) is 0 Å². The fourth-order valence-electron chi connectivity index (χ4n) is 3.28. The van der Waals surface area contributed by atoms with E-state index in [1.54, 1.807) is 13.0 Å². The van der Waals surface area contributed by atoms with Gasteiger partial charge in [-0.3, -0.25) is 9.59 Å². The third-order valence-electron chi connectivity index (χ3n) is 5.29. The molecule has 7 nitrogen and oxygen atoms in total. The number of carbonyl (C=O) groups excluding carboxylic acids is 2. The highest BCUT2D eigenvalue weighted by Gasteiger charge is 2.51. The van der Waals surface area contributed by atoms with Crippen molar-refractivity contribution in [1.82, 2.24) is 14.6 Å². The summed E-state index contributed by atoms with van der Waals surface area (Å²) >= 11 is 0. The summed E-state index contributed by atoms with van der Waals surface area (Å²) in [4.78, 5) is 30.1. The number of halogens is 3. The second-order valence-electron chi connectivity index (χ2n) is 7.56. The molecule has 2 amide bonds. The highest BCUT2D eigenvalue weighted by molar-refractivity contribution is 7.90. The first kappa shape index (κ1) is 22.7. The molecule has 1 aliphatic rings. The number of likely N-dealkylation sites (tertiary alicyclic amines) is 1. The summed E-state index contributed by atoms with van der Waals surface area (Å²) in [6, 6.07) is 7.68. The van der Waals surface area contributed by atoms with E-state index >= 15 is 0 Å². The van der Waals surface area contributed by atoms with Gasteiger partial charge in [-0.1, -0.05) is 12.1 Å². The van der Waals surface area contributed by atoms with E-state index in [9.17, 15) is 31.2 Å². The molecule has 0 bridgehead atoms. The van der Waals surface area contributed by atoms with E-state index in [1.165, 1.54) is 32.0 Å². The lowest BCUT2D eigenvalue weighted by atomic mass is 9.85. The van der Waals surface area contributed by atoms with E-state index in [2.05, 4.69) is 4.98 Å². The number of benzene rings is 1. The van der Waals surface area contributed by atoms with Crippen LogP contribution in [0.2, 0.25) is 0 Å². The van der Waals surface area contributed by atoms with Crippen LogP contribution in [0.5, 0.6) is 0 Å². The number of carbonyl (C=O) groups is 2. The van der Waals surface area contributed by atoms with Crippen molar-refractivity contribution >= 4 is 21.8 Å². The first-order valence-electron chi connectivity index (χ1n) is 9.26. The van der Waals surface area contributed by atoms with Crippen molar-refractivity contribution in [3.63, 3.8) is 0 Å². The summed E-state index contributed by atoms with van der Waals surface area (Å²) in [6.45, 7) is 4.52. The Morgan fingerprint density at radius 1 is 1.16 bits per heavy atom. The quantitative estimate of drug-likeness (QED) is 0.765. The molecule has 0 saturated carbocycles. The minimum absolute atomic E-state index is 0.0896. The van der Waals surface area contributed by atoms with Gasteiger partial charge in [0.1, 0.15) is 11.2 Å². The first-order valence-corrected chi connectivity index (χ1v) is 10.7. The third kappa shape index (κ3) is 4.27. The lowest BCUT2D eigenvalue weighted by Gasteiger charge is -2.48. The Morgan fingerprint density at radius 2 is 1.84 bits per heavy atom. The van der Waals surface area contributed by atoms with E-state index < -0.39 is 39.2 Å². The third-order valence-corrected chi connectivity index (χ3v) is 6.61. The zero-order chi connectivity index (χ0) is 23.2. The lowest BCUT2D eigenvalue weighted by Crippen LogP contribution is -2.67. The summed E-state index contributed by atoms with van der Waals surface area (Å²) < 4.78 is 65.6. The molecule has 2 heterocycles. The number of pyridine rings is 1. The number of alkyl halides is 3. The maximum Gasteiger partial charge on any atom is 0.433 e. The second kappa shape index (κ2) is 7.63. The smallest absolute Gasteiger partial charge is 0.324 e. The Kier molecular flexibility index (Phi) is 5.59. The molecule has 2 aromatic rings. The topological polar surface area (TPSA) is 96.4 Å². The zero-order valence-electron chi connectivity index (χ0n) is 16.9. The predicted molar refractivity (Wildman–Crippen MR) is 105 cm³/mol. The van der Waals surface area contributed by atoms with Crippen molar-refractivity contribution in [2.75, 3.05) is 6.54 Å². The number of amides is 2. The van der Waals surface area contributed by atoms with Gasteiger partial charge in [-0.05, 0) is 57.0 Å². The van der Waals surface area contributed by atoms with Crippen molar-refractivity contribution in [3.8, 4) is 0 Å². The van der Waals surface area contributed by atoms with Gasteiger partial charge in [0.2, 0.25) is 0 Å². The molecule has 1 aliphatic heterocycles.